The second-order valence-electron chi connectivity index (χ2n) is 7.47. The van der Waals surface area contributed by atoms with Crippen LogP contribution in [0.5, 0.6) is 0 Å². The first-order chi connectivity index (χ1) is 14.9. The van der Waals surface area contributed by atoms with Crippen LogP contribution in [0.3, 0.4) is 0 Å². The zero-order valence-electron chi connectivity index (χ0n) is 17.6. The van der Waals surface area contributed by atoms with Crippen LogP contribution < -0.4 is 10.9 Å². The zero-order valence-corrected chi connectivity index (χ0v) is 18.4. The van der Waals surface area contributed by atoms with Gasteiger partial charge in [0.2, 0.25) is 11.6 Å². The molecule has 0 radical (unpaired) electrons. The van der Waals surface area contributed by atoms with Gasteiger partial charge in [-0.15, -0.1) is 10.2 Å². The number of aryl methyl sites for hydroxylation is 3. The predicted molar refractivity (Wildman–Crippen MR) is 122 cm³/mol. The Bertz CT molecular complexity index is 1310. The lowest BCUT2D eigenvalue weighted by Gasteiger charge is -2.09. The van der Waals surface area contributed by atoms with Crippen molar-refractivity contribution in [2.24, 2.45) is 0 Å². The van der Waals surface area contributed by atoms with Gasteiger partial charge in [-0.05, 0) is 49.6 Å². The minimum absolute atomic E-state index is 0.106. The van der Waals surface area contributed by atoms with Crippen LogP contribution in [0, 0.1) is 20.8 Å². The van der Waals surface area contributed by atoms with Crippen LogP contribution in [0.15, 0.2) is 64.8 Å². The third-order valence-electron chi connectivity index (χ3n) is 5.15. The van der Waals surface area contributed by atoms with E-state index in [0.29, 0.717) is 11.7 Å². The summed E-state index contributed by atoms with van der Waals surface area (Å²) < 4.78 is 3.18. The van der Waals surface area contributed by atoms with E-state index in [-0.39, 0.29) is 22.9 Å². The molecule has 2 aromatic carbocycles. The number of hydrogen-bond donors (Lipinski definition) is 1. The van der Waals surface area contributed by atoms with Gasteiger partial charge >= 0.3 is 5.56 Å². The van der Waals surface area contributed by atoms with Gasteiger partial charge in [0.15, 0.2) is 5.16 Å². The average molecular weight is 434 g/mol. The number of benzene rings is 2. The first kappa shape index (κ1) is 20.9. The molecule has 0 saturated carbocycles. The molecule has 31 heavy (non-hydrogen) atoms. The molecule has 0 bridgehead atoms. The van der Waals surface area contributed by atoms with Gasteiger partial charge in [0.25, 0.3) is 0 Å². The van der Waals surface area contributed by atoms with E-state index in [1.165, 1.54) is 22.9 Å². The number of rotatable bonds is 6. The van der Waals surface area contributed by atoms with Crippen molar-refractivity contribution in [2.75, 3.05) is 5.75 Å². The highest BCUT2D eigenvalue weighted by Crippen LogP contribution is 2.17. The molecule has 4 aromatic rings. The summed E-state index contributed by atoms with van der Waals surface area (Å²) in [6.45, 7) is 6.54. The number of aromatic nitrogens is 4. The summed E-state index contributed by atoms with van der Waals surface area (Å²) in [6, 6.07) is 13.9. The highest BCUT2D eigenvalue weighted by molar-refractivity contribution is 7.99. The molecule has 0 aliphatic heterocycles. The minimum atomic E-state index is -0.256. The van der Waals surface area contributed by atoms with Gasteiger partial charge in [0.1, 0.15) is 0 Å². The Hall–Kier alpha value is -3.39. The normalized spacial score (nSPS) is 11.1. The highest BCUT2D eigenvalue weighted by Gasteiger charge is 2.14. The van der Waals surface area contributed by atoms with E-state index in [1.807, 2.05) is 63.2 Å². The Labute approximate surface area is 184 Å². The number of fused-ring (bicyclic) bond motifs is 1. The fourth-order valence-electron chi connectivity index (χ4n) is 3.13. The van der Waals surface area contributed by atoms with Crippen LogP contribution >= 0.6 is 11.8 Å². The van der Waals surface area contributed by atoms with Crippen molar-refractivity contribution in [3.63, 3.8) is 0 Å². The SMILES string of the molecule is Cc1ccc(CNC(=O)CSc2nnc3c(=O)n(-c4ccc(C)c(C)c4)ccn23)cc1. The number of nitrogens with one attached hydrogen (secondary N) is 1. The summed E-state index contributed by atoms with van der Waals surface area (Å²) in [4.78, 5) is 25.1. The number of thioether (sulfide) groups is 1. The van der Waals surface area contributed by atoms with E-state index in [4.69, 9.17) is 0 Å². The second-order valence-corrected chi connectivity index (χ2v) is 8.41. The van der Waals surface area contributed by atoms with Gasteiger partial charge in [-0.1, -0.05) is 47.7 Å². The molecule has 8 heteroatoms. The second kappa shape index (κ2) is 8.77. The lowest BCUT2D eigenvalue weighted by molar-refractivity contribution is -0.118. The number of hydrogen-bond acceptors (Lipinski definition) is 5. The molecule has 0 unspecified atom stereocenters. The highest BCUT2D eigenvalue weighted by atomic mass is 32.2. The maximum atomic E-state index is 12.9. The standard InChI is InChI=1S/C23H23N5O2S/c1-15-4-7-18(8-5-15)13-24-20(29)14-31-23-26-25-21-22(30)27(10-11-28(21)23)19-9-6-16(2)17(3)12-19/h4-12H,13-14H2,1-3H3,(H,24,29). The molecule has 2 heterocycles. The van der Waals surface area contributed by atoms with Crippen molar-refractivity contribution in [2.45, 2.75) is 32.5 Å². The first-order valence-corrected chi connectivity index (χ1v) is 10.9. The van der Waals surface area contributed by atoms with Gasteiger partial charge in [0, 0.05) is 24.6 Å². The summed E-state index contributed by atoms with van der Waals surface area (Å²) in [7, 11) is 0. The predicted octanol–water partition coefficient (Wildman–Crippen LogP) is 3.21. The lowest BCUT2D eigenvalue weighted by atomic mass is 10.1. The van der Waals surface area contributed by atoms with Gasteiger partial charge in [-0.2, -0.15) is 0 Å². The Morgan fingerprint density at radius 2 is 1.77 bits per heavy atom. The van der Waals surface area contributed by atoms with Crippen LogP contribution in [-0.2, 0) is 11.3 Å². The molecule has 0 saturated heterocycles. The molecular formula is C23H23N5O2S. The van der Waals surface area contributed by atoms with Crippen LogP contribution in [0.2, 0.25) is 0 Å². The van der Waals surface area contributed by atoms with E-state index in [0.717, 1.165) is 16.8 Å². The molecule has 0 fully saturated rings. The third kappa shape index (κ3) is 4.54. The van der Waals surface area contributed by atoms with Crippen LogP contribution in [0.25, 0.3) is 11.3 Å². The maximum absolute atomic E-state index is 12.9. The van der Waals surface area contributed by atoms with Crippen molar-refractivity contribution in [3.8, 4) is 5.69 Å². The van der Waals surface area contributed by atoms with Gasteiger partial charge in [-0.3, -0.25) is 18.6 Å². The zero-order chi connectivity index (χ0) is 22.0. The molecule has 0 aliphatic rings. The van der Waals surface area contributed by atoms with E-state index < -0.39 is 0 Å². The molecule has 2 aromatic heterocycles. The minimum Gasteiger partial charge on any atom is -0.351 e. The number of nitrogens with zero attached hydrogens (tertiary/aromatic N) is 4. The summed E-state index contributed by atoms with van der Waals surface area (Å²) >= 11 is 1.25. The van der Waals surface area contributed by atoms with E-state index in [9.17, 15) is 9.59 Å². The average Bonchev–Trinajstić information content (AvgIpc) is 3.18. The molecular weight excluding hydrogens is 410 g/mol. The van der Waals surface area contributed by atoms with Crippen molar-refractivity contribution in [1.82, 2.24) is 24.5 Å². The van der Waals surface area contributed by atoms with Crippen molar-refractivity contribution < 1.29 is 4.79 Å². The number of carbonyl (C=O) groups is 1. The monoisotopic (exact) mass is 433 g/mol. The lowest BCUT2D eigenvalue weighted by Crippen LogP contribution is -2.24. The summed E-state index contributed by atoms with van der Waals surface area (Å²) in [5.41, 5.74) is 5.25. The Balaban J connectivity index is 1.46. The maximum Gasteiger partial charge on any atom is 0.300 e. The fourth-order valence-corrected chi connectivity index (χ4v) is 3.88. The van der Waals surface area contributed by atoms with Gasteiger partial charge < -0.3 is 5.32 Å². The largest absolute Gasteiger partial charge is 0.351 e. The molecule has 0 spiro atoms. The van der Waals surface area contributed by atoms with Crippen LogP contribution in [-0.4, -0.2) is 30.8 Å². The van der Waals surface area contributed by atoms with E-state index in [1.54, 1.807) is 21.4 Å². The van der Waals surface area contributed by atoms with E-state index >= 15 is 0 Å². The molecule has 0 atom stereocenters. The molecule has 7 nitrogen and oxygen atoms in total. The first-order valence-electron chi connectivity index (χ1n) is 9.91. The summed E-state index contributed by atoms with van der Waals surface area (Å²) in [5, 5.41) is 11.6. The Morgan fingerprint density at radius 1 is 1.00 bits per heavy atom. The van der Waals surface area contributed by atoms with Crippen LogP contribution in [0.1, 0.15) is 22.3 Å². The molecule has 0 aliphatic carbocycles. The summed E-state index contributed by atoms with van der Waals surface area (Å²) in [6.07, 6.45) is 3.45. The Kier molecular flexibility index (Phi) is 5.90. The van der Waals surface area contributed by atoms with Gasteiger partial charge in [0.05, 0.1) is 5.75 Å². The molecule has 158 valence electrons. The van der Waals surface area contributed by atoms with Gasteiger partial charge in [-0.25, -0.2) is 0 Å². The van der Waals surface area contributed by atoms with Crippen molar-refractivity contribution in [3.05, 3.63) is 87.5 Å². The van der Waals surface area contributed by atoms with Crippen molar-refractivity contribution >= 4 is 23.3 Å². The number of amides is 1. The fraction of sp³-hybridized carbons (Fsp3) is 0.217. The quantitative estimate of drug-likeness (QED) is 0.472. The Morgan fingerprint density at radius 3 is 2.52 bits per heavy atom. The smallest absolute Gasteiger partial charge is 0.300 e. The summed E-state index contributed by atoms with van der Waals surface area (Å²) in [5.74, 6) is 0.0817. The molecule has 1 amide bonds. The topological polar surface area (TPSA) is 81.3 Å². The van der Waals surface area contributed by atoms with Crippen LogP contribution in [0.4, 0.5) is 0 Å². The third-order valence-corrected chi connectivity index (χ3v) is 6.09. The molecule has 1 N–H and O–H groups in total. The number of carbonyl (C=O) groups excluding carboxylic acids is 1. The molecule has 4 rings (SSSR count). The van der Waals surface area contributed by atoms with Crippen molar-refractivity contribution in [1.29, 1.82) is 0 Å². The van der Waals surface area contributed by atoms with E-state index in [2.05, 4.69) is 15.5 Å².